The fraction of sp³-hybridized carbons (Fsp3) is 0.433. The first-order chi connectivity index (χ1) is 33.0. The summed E-state index contributed by atoms with van der Waals surface area (Å²) in [6, 6.07) is 41.3. The van der Waals surface area contributed by atoms with Crippen LogP contribution in [0, 0.1) is 6.92 Å². The Hall–Kier alpha value is -5.48. The second-order valence-electron chi connectivity index (χ2n) is 28.1. The zero-order chi connectivity index (χ0) is 50.9. The first kappa shape index (κ1) is 47.8. The summed E-state index contributed by atoms with van der Waals surface area (Å²) >= 11 is 0. The van der Waals surface area contributed by atoms with Crippen LogP contribution in [0.15, 0.2) is 108 Å². The molecule has 0 N–H and O–H groups in total. The highest BCUT2D eigenvalue weighted by atomic mass is 16.3. The fourth-order valence-corrected chi connectivity index (χ4v) is 13.1. The van der Waals surface area contributed by atoms with E-state index >= 15 is 0 Å². The Kier molecular flexibility index (Phi) is 10.3. The van der Waals surface area contributed by atoms with Crippen molar-refractivity contribution in [1.82, 2.24) is 0 Å². The quantitative estimate of drug-likeness (QED) is 0.165. The third-order valence-electron chi connectivity index (χ3n) is 17.9. The van der Waals surface area contributed by atoms with Crippen molar-refractivity contribution in [3.8, 4) is 11.1 Å². The van der Waals surface area contributed by atoms with Crippen LogP contribution in [0.2, 0.25) is 0 Å². The Morgan fingerprint density at radius 1 is 0.479 bits per heavy atom. The lowest BCUT2D eigenvalue weighted by molar-refractivity contribution is 0.332. The van der Waals surface area contributed by atoms with E-state index in [0.29, 0.717) is 0 Å². The van der Waals surface area contributed by atoms with Crippen LogP contribution in [0.4, 0.5) is 34.1 Å². The lowest BCUT2D eigenvalue weighted by Gasteiger charge is -2.49. The van der Waals surface area contributed by atoms with Crippen LogP contribution in [0.3, 0.4) is 0 Å². The van der Waals surface area contributed by atoms with E-state index in [-0.39, 0.29) is 44.6 Å². The molecule has 3 nitrogen and oxygen atoms in total. The third kappa shape index (κ3) is 7.41. The molecular formula is C67H79BN2O. The minimum absolute atomic E-state index is 0.0341. The standard InChI is InChI=1S/C67H79BN2O/c1-40-35-53-57-54(36-40)70(52-29-22-43(62(5,6)7)38-46(52)41-19-26-48-50(37-41)66(15,16)32-31-64(48,11)12)58-47-39-44(63(8,9)10)23-30-55(47)71-60(58)68(57)51-28-27-49-56(67(17,18)34-33-65(49,13)14)59(51)69(53)45-24-20-42(21-25-45)61(2,3)4/h19-30,35-39H,31-34H2,1-18H3. The predicted octanol–water partition coefficient (Wildman–Crippen LogP) is 17.1. The van der Waals surface area contributed by atoms with Crippen LogP contribution in [0.1, 0.15) is 188 Å². The largest absolute Gasteiger partial charge is 0.468 e. The predicted molar refractivity (Wildman–Crippen MR) is 307 cm³/mol. The molecule has 11 rings (SSSR count). The molecule has 71 heavy (non-hydrogen) atoms. The van der Waals surface area contributed by atoms with Gasteiger partial charge in [0.1, 0.15) is 5.58 Å². The van der Waals surface area contributed by atoms with Gasteiger partial charge in [-0.3, -0.25) is 0 Å². The van der Waals surface area contributed by atoms with Crippen molar-refractivity contribution in [3.63, 3.8) is 0 Å². The number of hydrogen-bond donors (Lipinski definition) is 0. The molecule has 4 heteroatoms. The molecule has 0 saturated carbocycles. The van der Waals surface area contributed by atoms with E-state index in [1.807, 2.05) is 0 Å². The molecule has 0 fully saturated rings. The van der Waals surface area contributed by atoms with Gasteiger partial charge in [-0.2, -0.15) is 0 Å². The zero-order valence-corrected chi connectivity index (χ0v) is 46.5. The van der Waals surface area contributed by atoms with E-state index in [0.717, 1.165) is 29.8 Å². The molecule has 2 aliphatic carbocycles. The van der Waals surface area contributed by atoms with Crippen molar-refractivity contribution in [1.29, 1.82) is 0 Å². The van der Waals surface area contributed by atoms with Gasteiger partial charge < -0.3 is 14.2 Å². The van der Waals surface area contributed by atoms with Crippen molar-refractivity contribution in [3.05, 3.63) is 148 Å². The van der Waals surface area contributed by atoms with Gasteiger partial charge in [0.05, 0.1) is 17.0 Å². The van der Waals surface area contributed by atoms with Crippen molar-refractivity contribution in [2.45, 2.75) is 188 Å². The molecule has 3 heterocycles. The van der Waals surface area contributed by atoms with E-state index < -0.39 is 0 Å². The molecule has 0 unspecified atom stereocenters. The molecular weight excluding hydrogens is 860 g/mol. The second kappa shape index (κ2) is 15.3. The summed E-state index contributed by atoms with van der Waals surface area (Å²) in [6.45, 7) is 42.9. The summed E-state index contributed by atoms with van der Waals surface area (Å²) in [4.78, 5) is 5.32. The Morgan fingerprint density at radius 3 is 1.65 bits per heavy atom. The van der Waals surface area contributed by atoms with Crippen LogP contribution in [0.25, 0.3) is 22.1 Å². The number of rotatable bonds is 3. The van der Waals surface area contributed by atoms with Crippen LogP contribution in [0.5, 0.6) is 0 Å². The van der Waals surface area contributed by atoms with Crippen molar-refractivity contribution in [2.24, 2.45) is 0 Å². The number of nitrogens with zero attached hydrogens (tertiary/aromatic N) is 2. The summed E-state index contributed by atoms with van der Waals surface area (Å²) in [5.74, 6) is 0. The Balaban J connectivity index is 1.28. The van der Waals surface area contributed by atoms with Gasteiger partial charge in [-0.05, 0) is 180 Å². The highest BCUT2D eigenvalue weighted by Gasteiger charge is 2.51. The van der Waals surface area contributed by atoms with Gasteiger partial charge >= 0.3 is 0 Å². The van der Waals surface area contributed by atoms with Crippen LogP contribution >= 0.6 is 0 Å². The Morgan fingerprint density at radius 2 is 1.01 bits per heavy atom. The number of furan rings is 1. The molecule has 4 aliphatic rings. The average molecular weight is 939 g/mol. The maximum Gasteiger partial charge on any atom is 0.297 e. The Labute approximate surface area is 427 Å². The molecule has 0 amide bonds. The normalized spacial score (nSPS) is 18.4. The summed E-state index contributed by atoms with van der Waals surface area (Å²) in [5, 5.41) is 1.17. The summed E-state index contributed by atoms with van der Waals surface area (Å²) < 4.78 is 7.57. The van der Waals surface area contributed by atoms with Crippen LogP contribution < -0.4 is 26.4 Å². The lowest BCUT2D eigenvalue weighted by Crippen LogP contribution is -2.61. The van der Waals surface area contributed by atoms with Gasteiger partial charge in [0.15, 0.2) is 0 Å². The smallest absolute Gasteiger partial charge is 0.297 e. The van der Waals surface area contributed by atoms with E-state index in [1.165, 1.54) is 113 Å². The first-order valence-corrected chi connectivity index (χ1v) is 26.9. The van der Waals surface area contributed by atoms with E-state index in [1.54, 1.807) is 0 Å². The molecule has 0 radical (unpaired) electrons. The topological polar surface area (TPSA) is 19.6 Å². The molecule has 6 aromatic carbocycles. The zero-order valence-electron chi connectivity index (χ0n) is 46.5. The second-order valence-corrected chi connectivity index (χ2v) is 28.1. The van der Waals surface area contributed by atoms with Crippen LogP contribution in [-0.2, 0) is 37.9 Å². The molecule has 2 aliphatic heterocycles. The Bertz CT molecular complexity index is 3330. The highest BCUT2D eigenvalue weighted by molar-refractivity contribution is 7.00. The van der Waals surface area contributed by atoms with Gasteiger partial charge in [0.2, 0.25) is 0 Å². The molecule has 0 spiro atoms. The number of anilines is 6. The SMILES string of the molecule is Cc1cc2c3c(c1)N(c1ccc(C(C)(C)C)cc1-c1ccc4c(c1)C(C)(C)CCC4(C)C)c1c(oc4ccc(C(C)(C)C)cc14)B3c1ccc3c(c1N2c1ccc(C(C)(C)C)cc1)C(C)(C)CCC3(C)C. The summed E-state index contributed by atoms with van der Waals surface area (Å²) in [6.07, 6.45) is 4.64. The molecule has 366 valence electrons. The van der Waals surface area contributed by atoms with Gasteiger partial charge in [-0.1, -0.05) is 172 Å². The minimum Gasteiger partial charge on any atom is -0.468 e. The van der Waals surface area contributed by atoms with Crippen molar-refractivity contribution in [2.75, 3.05) is 9.80 Å². The monoisotopic (exact) mass is 939 g/mol. The minimum atomic E-state index is -0.132. The van der Waals surface area contributed by atoms with Gasteiger partial charge in [0.25, 0.3) is 6.71 Å². The average Bonchev–Trinajstić information content (AvgIpc) is 3.66. The number of aryl methyl sites for hydroxylation is 1. The van der Waals surface area contributed by atoms with Gasteiger partial charge in [-0.15, -0.1) is 0 Å². The fourth-order valence-electron chi connectivity index (χ4n) is 13.1. The van der Waals surface area contributed by atoms with Crippen molar-refractivity contribution >= 4 is 68.4 Å². The maximum absolute atomic E-state index is 7.57. The lowest BCUT2D eigenvalue weighted by atomic mass is 9.35. The van der Waals surface area contributed by atoms with E-state index in [9.17, 15) is 0 Å². The van der Waals surface area contributed by atoms with Crippen LogP contribution in [-0.4, -0.2) is 6.71 Å². The highest BCUT2D eigenvalue weighted by Crippen LogP contribution is 2.56. The first-order valence-electron chi connectivity index (χ1n) is 26.9. The summed E-state index contributed by atoms with van der Waals surface area (Å²) in [7, 11) is 0. The van der Waals surface area contributed by atoms with Gasteiger partial charge in [-0.25, -0.2) is 0 Å². The summed E-state index contributed by atoms with van der Waals surface area (Å²) in [5.41, 5.74) is 25.7. The van der Waals surface area contributed by atoms with E-state index in [4.69, 9.17) is 4.42 Å². The van der Waals surface area contributed by atoms with E-state index in [2.05, 4.69) is 238 Å². The molecule has 7 aromatic rings. The molecule has 0 bridgehead atoms. The third-order valence-corrected chi connectivity index (χ3v) is 17.9. The molecule has 0 atom stereocenters. The van der Waals surface area contributed by atoms with Crippen molar-refractivity contribution < 1.29 is 4.42 Å². The van der Waals surface area contributed by atoms with Gasteiger partial charge in [0, 0.05) is 33.7 Å². The maximum atomic E-state index is 7.57. The number of fused-ring (bicyclic) bond motifs is 9. The molecule has 1 aromatic heterocycles. The number of hydrogen-bond acceptors (Lipinski definition) is 3. The molecule has 0 saturated heterocycles. The number of benzene rings is 6.